The van der Waals surface area contributed by atoms with Crippen molar-refractivity contribution in [2.75, 3.05) is 0 Å². The van der Waals surface area contributed by atoms with E-state index in [2.05, 4.69) is 135 Å². The van der Waals surface area contributed by atoms with Crippen LogP contribution in [-0.4, -0.2) is 24.9 Å². The number of hydrogen-bond donors (Lipinski definition) is 0. The number of aromatic nitrogens is 5. The van der Waals surface area contributed by atoms with Crippen LogP contribution in [0.3, 0.4) is 0 Å². The van der Waals surface area contributed by atoms with E-state index in [-0.39, 0.29) is 0 Å². The first-order valence-corrected chi connectivity index (χ1v) is 17.8. The molecule has 0 saturated heterocycles. The minimum absolute atomic E-state index is 1.05. The summed E-state index contributed by atoms with van der Waals surface area (Å²) in [5.41, 5.74) is 17.4. The Bertz CT molecular complexity index is 2400. The third-order valence-electron chi connectivity index (χ3n) is 9.64. The van der Waals surface area contributed by atoms with E-state index in [0.29, 0.717) is 0 Å². The van der Waals surface area contributed by atoms with Crippen molar-refractivity contribution in [2.45, 2.75) is 0 Å². The van der Waals surface area contributed by atoms with Crippen LogP contribution in [0.5, 0.6) is 0 Å². The highest BCUT2D eigenvalue weighted by Gasteiger charge is 2.12. The van der Waals surface area contributed by atoms with Gasteiger partial charge in [-0.05, 0) is 134 Å². The first-order chi connectivity index (χ1) is 26.7. The first-order valence-electron chi connectivity index (χ1n) is 17.8. The van der Waals surface area contributed by atoms with Gasteiger partial charge in [0, 0.05) is 95.3 Å². The van der Waals surface area contributed by atoms with E-state index in [1.54, 1.807) is 24.8 Å². The van der Waals surface area contributed by atoms with Crippen molar-refractivity contribution in [3.63, 3.8) is 0 Å². The van der Waals surface area contributed by atoms with Gasteiger partial charge < -0.3 is 0 Å². The summed E-state index contributed by atoms with van der Waals surface area (Å²) in [5.74, 6) is 0. The molecule has 9 rings (SSSR count). The quantitative estimate of drug-likeness (QED) is 0.159. The molecule has 0 aliphatic rings. The maximum Gasteiger partial charge on any atom is 0.0346 e. The highest BCUT2D eigenvalue weighted by Crippen LogP contribution is 2.37. The molecule has 0 radical (unpaired) electrons. The molecule has 0 aliphatic carbocycles. The van der Waals surface area contributed by atoms with Gasteiger partial charge in [-0.25, -0.2) is 0 Å². The van der Waals surface area contributed by atoms with Gasteiger partial charge in [0.2, 0.25) is 0 Å². The van der Waals surface area contributed by atoms with E-state index in [9.17, 15) is 0 Å². The Labute approximate surface area is 314 Å². The SMILES string of the molecule is c1cncc(-c2cc(-c3cccnc3)cc(-c3cccc(-c4cncc(-c5cccc(-c6cc(-c7cccnc7)cc(-c7cccnc7)c6)c5)c4)c3)c2)c1. The van der Waals surface area contributed by atoms with Gasteiger partial charge >= 0.3 is 0 Å². The van der Waals surface area contributed by atoms with Gasteiger partial charge in [-0.1, -0.05) is 60.7 Å². The number of hydrogen-bond acceptors (Lipinski definition) is 5. The average molecular weight is 692 g/mol. The lowest BCUT2D eigenvalue weighted by molar-refractivity contribution is 1.32. The van der Waals surface area contributed by atoms with E-state index >= 15 is 0 Å². The molecule has 254 valence electrons. The van der Waals surface area contributed by atoms with Gasteiger partial charge in [0.15, 0.2) is 0 Å². The molecule has 0 bridgehead atoms. The van der Waals surface area contributed by atoms with Crippen LogP contribution in [0, 0.1) is 0 Å². The van der Waals surface area contributed by atoms with E-state index in [1.807, 2.05) is 61.4 Å². The van der Waals surface area contributed by atoms with Gasteiger partial charge in [-0.2, -0.15) is 0 Å². The molecule has 0 unspecified atom stereocenters. The van der Waals surface area contributed by atoms with Crippen molar-refractivity contribution in [3.8, 4) is 89.0 Å². The van der Waals surface area contributed by atoms with Crippen molar-refractivity contribution in [1.82, 2.24) is 24.9 Å². The Morgan fingerprint density at radius 1 is 0.185 bits per heavy atom. The normalized spacial score (nSPS) is 11.0. The molecule has 0 spiro atoms. The summed E-state index contributed by atoms with van der Waals surface area (Å²) >= 11 is 0. The second-order valence-electron chi connectivity index (χ2n) is 13.2. The van der Waals surface area contributed by atoms with Crippen LogP contribution < -0.4 is 0 Å². The van der Waals surface area contributed by atoms with Crippen LogP contribution in [0.4, 0.5) is 0 Å². The Morgan fingerprint density at radius 2 is 0.407 bits per heavy atom. The monoisotopic (exact) mass is 691 g/mol. The molecule has 5 heteroatoms. The molecule has 5 nitrogen and oxygen atoms in total. The zero-order chi connectivity index (χ0) is 36.1. The Morgan fingerprint density at radius 3 is 0.704 bits per heavy atom. The average Bonchev–Trinajstić information content (AvgIpc) is 3.27. The zero-order valence-corrected chi connectivity index (χ0v) is 29.3. The summed E-state index contributed by atoms with van der Waals surface area (Å²) in [4.78, 5) is 22.3. The number of rotatable bonds is 8. The third kappa shape index (κ3) is 6.94. The molecule has 5 aromatic heterocycles. The predicted octanol–water partition coefficient (Wildman–Crippen LogP) is 12.0. The van der Waals surface area contributed by atoms with Crippen molar-refractivity contribution in [3.05, 3.63) is 201 Å². The van der Waals surface area contributed by atoms with Crippen LogP contribution in [0.1, 0.15) is 0 Å². The molecule has 54 heavy (non-hydrogen) atoms. The molecule has 5 heterocycles. The smallest absolute Gasteiger partial charge is 0.0346 e. The van der Waals surface area contributed by atoms with Crippen LogP contribution in [0.15, 0.2) is 201 Å². The van der Waals surface area contributed by atoms with Gasteiger partial charge in [-0.15, -0.1) is 0 Å². The van der Waals surface area contributed by atoms with E-state index < -0.39 is 0 Å². The summed E-state index contributed by atoms with van der Waals surface area (Å²) in [5, 5.41) is 0. The standard InChI is InChI=1S/C49H33N5/c1-7-34(42-21-44(38-11-3-15-50-28-38)25-45(22-42)39-12-4-16-51-29-39)19-36(9-1)48-27-49(33-54-32-48)37-10-2-8-35(20-37)43-23-46(40-13-5-17-52-30-40)26-47(24-43)41-14-6-18-53-31-41/h1-33H. The number of pyridine rings is 5. The second kappa shape index (κ2) is 14.7. The van der Waals surface area contributed by atoms with Crippen LogP contribution >= 0.6 is 0 Å². The van der Waals surface area contributed by atoms with Crippen molar-refractivity contribution < 1.29 is 0 Å². The molecule has 4 aromatic carbocycles. The Balaban J connectivity index is 1.08. The summed E-state index contributed by atoms with van der Waals surface area (Å²) in [6.45, 7) is 0. The number of benzene rings is 4. The second-order valence-corrected chi connectivity index (χ2v) is 13.2. The lowest BCUT2D eigenvalue weighted by Crippen LogP contribution is -1.89. The molecule has 0 saturated carbocycles. The van der Waals surface area contributed by atoms with Crippen LogP contribution in [-0.2, 0) is 0 Å². The zero-order valence-electron chi connectivity index (χ0n) is 29.3. The minimum Gasteiger partial charge on any atom is -0.264 e. The van der Waals surface area contributed by atoms with E-state index in [1.165, 1.54) is 0 Å². The lowest BCUT2D eigenvalue weighted by atomic mass is 9.92. The van der Waals surface area contributed by atoms with Crippen molar-refractivity contribution in [2.24, 2.45) is 0 Å². The van der Waals surface area contributed by atoms with Gasteiger partial charge in [-0.3, -0.25) is 24.9 Å². The minimum atomic E-state index is 1.05. The predicted molar refractivity (Wildman–Crippen MR) is 219 cm³/mol. The fourth-order valence-electron chi connectivity index (χ4n) is 6.90. The molecule has 0 amide bonds. The third-order valence-corrected chi connectivity index (χ3v) is 9.64. The first kappa shape index (κ1) is 32.5. The lowest BCUT2D eigenvalue weighted by Gasteiger charge is -2.13. The highest BCUT2D eigenvalue weighted by atomic mass is 14.6. The highest BCUT2D eigenvalue weighted by molar-refractivity contribution is 5.85. The Kier molecular flexibility index (Phi) is 8.86. The summed E-state index contributed by atoms with van der Waals surface area (Å²) in [6, 6.07) is 49.2. The van der Waals surface area contributed by atoms with Crippen LogP contribution in [0.2, 0.25) is 0 Å². The van der Waals surface area contributed by atoms with Crippen molar-refractivity contribution in [1.29, 1.82) is 0 Å². The fourth-order valence-corrected chi connectivity index (χ4v) is 6.90. The van der Waals surface area contributed by atoms with Gasteiger partial charge in [0.05, 0.1) is 0 Å². The maximum atomic E-state index is 4.73. The molecule has 0 N–H and O–H groups in total. The van der Waals surface area contributed by atoms with Gasteiger partial charge in [0.1, 0.15) is 0 Å². The Hall–Kier alpha value is -7.37. The van der Waals surface area contributed by atoms with Crippen molar-refractivity contribution >= 4 is 0 Å². The molecular formula is C49H33N5. The van der Waals surface area contributed by atoms with E-state index in [4.69, 9.17) is 4.98 Å². The molecule has 0 fully saturated rings. The number of nitrogens with zero attached hydrogens (tertiary/aromatic N) is 5. The molecule has 9 aromatic rings. The van der Waals surface area contributed by atoms with E-state index in [0.717, 1.165) is 89.0 Å². The largest absolute Gasteiger partial charge is 0.264 e. The topological polar surface area (TPSA) is 64.5 Å². The molecular weight excluding hydrogens is 659 g/mol. The summed E-state index contributed by atoms with van der Waals surface area (Å²) in [6.07, 6.45) is 18.7. The maximum absolute atomic E-state index is 4.73. The summed E-state index contributed by atoms with van der Waals surface area (Å²) < 4.78 is 0. The van der Waals surface area contributed by atoms with Crippen LogP contribution in [0.25, 0.3) is 89.0 Å². The fraction of sp³-hybridized carbons (Fsp3) is 0. The molecule has 0 atom stereocenters. The summed E-state index contributed by atoms with van der Waals surface area (Å²) in [7, 11) is 0. The molecule has 0 aliphatic heterocycles. The van der Waals surface area contributed by atoms with Gasteiger partial charge in [0.25, 0.3) is 0 Å².